The summed E-state index contributed by atoms with van der Waals surface area (Å²) < 4.78 is 7.36. The van der Waals surface area contributed by atoms with E-state index in [2.05, 4.69) is 4.90 Å². The fourth-order valence-corrected chi connectivity index (χ4v) is 4.96. The third-order valence-electron chi connectivity index (χ3n) is 6.64. The highest BCUT2D eigenvalue weighted by Gasteiger charge is 2.31. The van der Waals surface area contributed by atoms with E-state index in [-0.39, 0.29) is 0 Å². The molecule has 6 nitrogen and oxygen atoms in total. The molecular formula is C29H28ClN3O3. The van der Waals surface area contributed by atoms with Gasteiger partial charge in [-0.1, -0.05) is 35.9 Å². The Labute approximate surface area is 215 Å². The SMILES string of the molecule is CCOc1ccc(-c2cc3ccccn3c2C(=O)C(=O)N2CCN(c3cc(Cl)ccc3C)CC2)cc1. The molecule has 1 aliphatic heterocycles. The molecule has 0 saturated carbocycles. The van der Waals surface area contributed by atoms with E-state index in [4.69, 9.17) is 16.3 Å². The maximum atomic E-state index is 13.7. The minimum absolute atomic E-state index is 0.382. The van der Waals surface area contributed by atoms with Crippen molar-refractivity contribution in [2.24, 2.45) is 0 Å². The van der Waals surface area contributed by atoms with E-state index in [0.29, 0.717) is 43.5 Å². The first-order valence-electron chi connectivity index (χ1n) is 12.1. The van der Waals surface area contributed by atoms with Crippen LogP contribution < -0.4 is 9.64 Å². The largest absolute Gasteiger partial charge is 0.494 e. The molecule has 36 heavy (non-hydrogen) atoms. The van der Waals surface area contributed by atoms with E-state index in [9.17, 15) is 9.59 Å². The minimum Gasteiger partial charge on any atom is -0.494 e. The minimum atomic E-state index is -0.502. The van der Waals surface area contributed by atoms with Gasteiger partial charge in [0.05, 0.1) is 6.61 Å². The van der Waals surface area contributed by atoms with E-state index >= 15 is 0 Å². The smallest absolute Gasteiger partial charge is 0.296 e. The summed E-state index contributed by atoms with van der Waals surface area (Å²) in [4.78, 5) is 31.0. The summed E-state index contributed by atoms with van der Waals surface area (Å²) in [6.07, 6.45) is 1.83. The highest BCUT2D eigenvalue weighted by atomic mass is 35.5. The van der Waals surface area contributed by atoms with E-state index < -0.39 is 11.7 Å². The van der Waals surface area contributed by atoms with E-state index in [1.165, 1.54) is 0 Å². The summed E-state index contributed by atoms with van der Waals surface area (Å²) in [6.45, 7) is 6.79. The number of hydrogen-bond acceptors (Lipinski definition) is 4. The normalized spacial score (nSPS) is 13.8. The third kappa shape index (κ3) is 4.56. The molecule has 1 aliphatic rings. The van der Waals surface area contributed by atoms with Gasteiger partial charge in [0.15, 0.2) is 0 Å². The van der Waals surface area contributed by atoms with E-state index in [1.54, 1.807) is 9.30 Å². The van der Waals surface area contributed by atoms with Gasteiger partial charge >= 0.3 is 0 Å². The van der Waals surface area contributed by atoms with Crippen LogP contribution in [0.4, 0.5) is 5.69 Å². The molecule has 0 atom stereocenters. The first-order chi connectivity index (χ1) is 17.5. The Morgan fingerprint density at radius 3 is 2.42 bits per heavy atom. The number of pyridine rings is 1. The fraction of sp³-hybridized carbons (Fsp3) is 0.241. The van der Waals surface area contributed by atoms with Gasteiger partial charge in [-0.15, -0.1) is 0 Å². The van der Waals surface area contributed by atoms with Gasteiger partial charge in [-0.25, -0.2) is 0 Å². The lowest BCUT2D eigenvalue weighted by atomic mass is 10.0. The monoisotopic (exact) mass is 501 g/mol. The van der Waals surface area contributed by atoms with Gasteiger partial charge < -0.3 is 18.9 Å². The second-order valence-electron chi connectivity index (χ2n) is 8.90. The highest BCUT2D eigenvalue weighted by molar-refractivity contribution is 6.43. The first kappa shape index (κ1) is 23.9. The number of aryl methyl sites for hydroxylation is 1. The van der Waals surface area contributed by atoms with Crippen molar-refractivity contribution in [2.75, 3.05) is 37.7 Å². The number of amides is 1. The maximum Gasteiger partial charge on any atom is 0.296 e. The number of Topliss-reactive ketones (excluding diaryl/α,β-unsaturated/α-hetero) is 1. The van der Waals surface area contributed by atoms with Crippen LogP contribution >= 0.6 is 11.6 Å². The number of piperazine rings is 1. The molecule has 0 unspecified atom stereocenters. The molecule has 2 aromatic carbocycles. The molecule has 5 rings (SSSR count). The molecule has 0 aliphatic carbocycles. The second-order valence-corrected chi connectivity index (χ2v) is 9.34. The zero-order valence-electron chi connectivity index (χ0n) is 20.4. The van der Waals surface area contributed by atoms with Crippen LogP contribution in [0.2, 0.25) is 5.02 Å². The average Bonchev–Trinajstić information content (AvgIpc) is 3.29. The molecule has 7 heteroatoms. The predicted octanol–water partition coefficient (Wildman–Crippen LogP) is 5.50. The van der Waals surface area contributed by atoms with Crippen LogP contribution in [0.3, 0.4) is 0 Å². The summed E-state index contributed by atoms with van der Waals surface area (Å²) in [7, 11) is 0. The lowest BCUT2D eigenvalue weighted by molar-refractivity contribution is -0.126. The van der Waals surface area contributed by atoms with Crippen LogP contribution in [-0.4, -0.2) is 53.8 Å². The summed E-state index contributed by atoms with van der Waals surface area (Å²) in [5.74, 6) is -0.215. The number of anilines is 1. The third-order valence-corrected chi connectivity index (χ3v) is 6.88. The molecule has 0 radical (unpaired) electrons. The molecule has 0 bridgehead atoms. The molecule has 3 heterocycles. The number of ketones is 1. The number of carbonyl (C=O) groups excluding carboxylic acids is 2. The molecule has 1 saturated heterocycles. The van der Waals surface area contributed by atoms with Crippen LogP contribution in [0.15, 0.2) is 72.9 Å². The Hall–Kier alpha value is -3.77. The van der Waals surface area contributed by atoms with E-state index in [1.807, 2.05) is 86.8 Å². The highest BCUT2D eigenvalue weighted by Crippen LogP contribution is 2.31. The van der Waals surface area contributed by atoms with Gasteiger partial charge in [-0.05, 0) is 67.4 Å². The van der Waals surface area contributed by atoms with Gasteiger partial charge in [-0.3, -0.25) is 9.59 Å². The zero-order valence-corrected chi connectivity index (χ0v) is 21.2. The molecule has 0 N–H and O–H groups in total. The maximum absolute atomic E-state index is 13.7. The Morgan fingerprint density at radius 1 is 0.944 bits per heavy atom. The number of hydrogen-bond donors (Lipinski definition) is 0. The van der Waals surface area contributed by atoms with Gasteiger partial charge in [0.25, 0.3) is 11.7 Å². The van der Waals surface area contributed by atoms with Crippen molar-refractivity contribution >= 4 is 34.5 Å². The molecule has 1 fully saturated rings. The summed E-state index contributed by atoms with van der Waals surface area (Å²) in [5.41, 5.74) is 5.04. The first-order valence-corrected chi connectivity index (χ1v) is 12.5. The second kappa shape index (κ2) is 10.1. The van der Waals surface area contributed by atoms with Crippen molar-refractivity contribution in [1.82, 2.24) is 9.30 Å². The number of carbonyl (C=O) groups is 2. The molecule has 2 aromatic heterocycles. The van der Waals surface area contributed by atoms with Crippen molar-refractivity contribution in [1.29, 1.82) is 0 Å². The molecular weight excluding hydrogens is 474 g/mol. The number of aromatic nitrogens is 1. The molecule has 0 spiro atoms. The van der Waals surface area contributed by atoms with Crippen molar-refractivity contribution in [3.8, 4) is 16.9 Å². The Bertz CT molecular complexity index is 1420. The van der Waals surface area contributed by atoms with Crippen molar-refractivity contribution < 1.29 is 14.3 Å². The number of benzene rings is 2. The number of ether oxygens (including phenoxy) is 1. The fourth-order valence-electron chi connectivity index (χ4n) is 4.79. The number of halogens is 1. The standard InChI is InChI=1S/C29H28ClN3O3/c1-3-36-24-11-8-21(9-12-24)25-19-23-6-4-5-13-33(23)27(25)28(34)29(35)32-16-14-31(15-17-32)26-18-22(30)10-7-20(26)2/h4-13,18-19H,3,14-17H2,1-2H3. The topological polar surface area (TPSA) is 54.3 Å². The van der Waals surface area contributed by atoms with Crippen LogP contribution in [0.5, 0.6) is 5.75 Å². The number of nitrogens with zero attached hydrogens (tertiary/aromatic N) is 3. The summed E-state index contributed by atoms with van der Waals surface area (Å²) in [5, 5.41) is 0.686. The van der Waals surface area contributed by atoms with Crippen LogP contribution in [0, 0.1) is 6.92 Å². The van der Waals surface area contributed by atoms with Crippen LogP contribution in [-0.2, 0) is 4.79 Å². The Kier molecular flexibility index (Phi) is 6.70. The molecule has 1 amide bonds. The lowest BCUT2D eigenvalue weighted by Gasteiger charge is -2.36. The Balaban J connectivity index is 1.40. The Morgan fingerprint density at radius 2 is 1.69 bits per heavy atom. The average molecular weight is 502 g/mol. The number of fused-ring (bicyclic) bond motifs is 1. The van der Waals surface area contributed by atoms with Gasteiger partial charge in [0.2, 0.25) is 0 Å². The predicted molar refractivity (Wildman–Crippen MR) is 143 cm³/mol. The van der Waals surface area contributed by atoms with Crippen molar-refractivity contribution in [2.45, 2.75) is 13.8 Å². The molecule has 184 valence electrons. The van der Waals surface area contributed by atoms with Crippen molar-refractivity contribution in [3.05, 3.63) is 89.2 Å². The zero-order chi connectivity index (χ0) is 25.2. The summed E-state index contributed by atoms with van der Waals surface area (Å²) >= 11 is 6.21. The van der Waals surface area contributed by atoms with E-state index in [0.717, 1.165) is 33.6 Å². The van der Waals surface area contributed by atoms with Crippen LogP contribution in [0.25, 0.3) is 16.6 Å². The van der Waals surface area contributed by atoms with Gasteiger partial charge in [0, 0.05) is 54.2 Å². The number of rotatable bonds is 6. The molecule has 4 aromatic rings. The van der Waals surface area contributed by atoms with Gasteiger partial charge in [0.1, 0.15) is 11.4 Å². The summed E-state index contributed by atoms with van der Waals surface area (Å²) in [6, 6.07) is 21.1. The van der Waals surface area contributed by atoms with Crippen molar-refractivity contribution in [3.63, 3.8) is 0 Å². The lowest BCUT2D eigenvalue weighted by Crippen LogP contribution is -2.51. The van der Waals surface area contributed by atoms with Crippen LogP contribution in [0.1, 0.15) is 23.0 Å². The van der Waals surface area contributed by atoms with Gasteiger partial charge in [-0.2, -0.15) is 0 Å². The quantitative estimate of drug-likeness (QED) is 0.259.